The van der Waals surface area contributed by atoms with Crippen LogP contribution in [0.4, 0.5) is 0 Å². The van der Waals surface area contributed by atoms with Crippen molar-refractivity contribution in [3.8, 4) is 0 Å². The van der Waals surface area contributed by atoms with Crippen LogP contribution in [0.1, 0.15) is 24.6 Å². The molecule has 1 aromatic heterocycles. The molecule has 0 saturated carbocycles. The highest BCUT2D eigenvalue weighted by atomic mass is 16.5. The van der Waals surface area contributed by atoms with E-state index < -0.39 is 0 Å². The molecule has 1 fully saturated rings. The van der Waals surface area contributed by atoms with Crippen molar-refractivity contribution in [1.29, 1.82) is 0 Å². The van der Waals surface area contributed by atoms with Gasteiger partial charge in [0.1, 0.15) is 5.82 Å². The number of nitrogens with one attached hydrogen (secondary N) is 1. The molecule has 0 aliphatic carbocycles. The van der Waals surface area contributed by atoms with Gasteiger partial charge in [0.2, 0.25) is 0 Å². The molecular weight excluding hydrogens is 154 g/mol. The minimum atomic E-state index is 0.422. The fourth-order valence-corrected chi connectivity index (χ4v) is 1.68. The Morgan fingerprint density at radius 2 is 2.25 bits per heavy atom. The molecule has 4 heteroatoms. The molecule has 1 aliphatic heterocycles. The Morgan fingerprint density at radius 1 is 1.50 bits per heavy atom. The summed E-state index contributed by atoms with van der Waals surface area (Å²) in [5, 5.41) is 12.6. The lowest BCUT2D eigenvalue weighted by Gasteiger charge is -2.21. The first-order chi connectivity index (χ1) is 5.88. The van der Waals surface area contributed by atoms with Crippen molar-refractivity contribution in [1.82, 2.24) is 15.0 Å². The number of aromatic nitrogens is 2. The van der Waals surface area contributed by atoms with Crippen molar-refractivity contribution in [3.63, 3.8) is 0 Å². The molecular formula is C8H13N3O. The van der Waals surface area contributed by atoms with Crippen molar-refractivity contribution in [2.45, 2.75) is 18.8 Å². The standard InChI is InChI=1S/C8H13N3O/c12-11-6-5-10-8(11)7-1-3-9-4-2-7/h5-7,9,12H,1-4H2. The van der Waals surface area contributed by atoms with E-state index in [1.54, 1.807) is 12.4 Å². The molecule has 1 saturated heterocycles. The lowest BCUT2D eigenvalue weighted by molar-refractivity contribution is 0.167. The summed E-state index contributed by atoms with van der Waals surface area (Å²) < 4.78 is 1.13. The molecule has 0 spiro atoms. The highest BCUT2D eigenvalue weighted by Crippen LogP contribution is 2.22. The van der Waals surface area contributed by atoms with Crippen molar-refractivity contribution >= 4 is 0 Å². The molecule has 12 heavy (non-hydrogen) atoms. The maximum Gasteiger partial charge on any atom is 0.147 e. The van der Waals surface area contributed by atoms with E-state index >= 15 is 0 Å². The van der Waals surface area contributed by atoms with Crippen LogP contribution in [0.25, 0.3) is 0 Å². The second-order valence-corrected chi connectivity index (χ2v) is 3.15. The molecule has 0 unspecified atom stereocenters. The third kappa shape index (κ3) is 1.30. The van der Waals surface area contributed by atoms with Crippen LogP contribution >= 0.6 is 0 Å². The molecule has 1 aliphatic rings. The number of hydrogen-bond donors (Lipinski definition) is 2. The van der Waals surface area contributed by atoms with Crippen LogP contribution in [0.5, 0.6) is 0 Å². The van der Waals surface area contributed by atoms with E-state index in [1.807, 2.05) is 0 Å². The summed E-state index contributed by atoms with van der Waals surface area (Å²) in [6.07, 6.45) is 5.35. The van der Waals surface area contributed by atoms with Crippen LogP contribution in [-0.4, -0.2) is 28.0 Å². The third-order valence-corrected chi connectivity index (χ3v) is 2.35. The largest absolute Gasteiger partial charge is 0.427 e. The Hall–Kier alpha value is -1.03. The third-order valence-electron chi connectivity index (χ3n) is 2.35. The SMILES string of the molecule is On1ccnc1C1CCNCC1. The number of piperidine rings is 1. The van der Waals surface area contributed by atoms with Crippen LogP contribution in [0.15, 0.2) is 12.4 Å². The van der Waals surface area contributed by atoms with Gasteiger partial charge in [-0.1, -0.05) is 0 Å². The lowest BCUT2D eigenvalue weighted by atomic mass is 9.98. The molecule has 0 amide bonds. The van der Waals surface area contributed by atoms with Gasteiger partial charge in [-0.25, -0.2) is 4.98 Å². The number of imidazole rings is 1. The zero-order valence-corrected chi connectivity index (χ0v) is 6.90. The van der Waals surface area contributed by atoms with Crippen molar-refractivity contribution in [2.24, 2.45) is 0 Å². The van der Waals surface area contributed by atoms with E-state index in [0.717, 1.165) is 36.5 Å². The van der Waals surface area contributed by atoms with Crippen molar-refractivity contribution < 1.29 is 5.21 Å². The first-order valence-corrected chi connectivity index (χ1v) is 4.31. The highest BCUT2D eigenvalue weighted by Gasteiger charge is 2.19. The van der Waals surface area contributed by atoms with Crippen LogP contribution in [-0.2, 0) is 0 Å². The summed E-state index contributed by atoms with van der Waals surface area (Å²) in [5.41, 5.74) is 0. The number of nitrogens with zero attached hydrogens (tertiary/aromatic N) is 2. The molecule has 0 radical (unpaired) electrons. The summed E-state index contributed by atoms with van der Waals surface area (Å²) in [6.45, 7) is 2.05. The van der Waals surface area contributed by atoms with E-state index in [-0.39, 0.29) is 0 Å². The lowest BCUT2D eigenvalue weighted by Crippen LogP contribution is -2.27. The minimum Gasteiger partial charge on any atom is -0.427 e. The van der Waals surface area contributed by atoms with E-state index in [1.165, 1.54) is 0 Å². The van der Waals surface area contributed by atoms with Gasteiger partial charge in [0, 0.05) is 12.1 Å². The smallest absolute Gasteiger partial charge is 0.147 e. The van der Waals surface area contributed by atoms with E-state index in [4.69, 9.17) is 0 Å². The van der Waals surface area contributed by atoms with Crippen LogP contribution < -0.4 is 5.32 Å². The summed E-state index contributed by atoms with van der Waals surface area (Å²) in [4.78, 5) is 4.12. The van der Waals surface area contributed by atoms with Gasteiger partial charge in [-0.15, -0.1) is 0 Å². The minimum absolute atomic E-state index is 0.422. The molecule has 2 N–H and O–H groups in total. The molecule has 0 aromatic carbocycles. The topological polar surface area (TPSA) is 50.1 Å². The normalized spacial score (nSPS) is 19.7. The van der Waals surface area contributed by atoms with Crippen LogP contribution in [0.3, 0.4) is 0 Å². The Balaban J connectivity index is 2.13. The molecule has 2 rings (SSSR count). The first kappa shape index (κ1) is 7.61. The second-order valence-electron chi connectivity index (χ2n) is 3.15. The fourth-order valence-electron chi connectivity index (χ4n) is 1.68. The van der Waals surface area contributed by atoms with Gasteiger partial charge in [-0.05, 0) is 25.9 Å². The van der Waals surface area contributed by atoms with Gasteiger partial charge >= 0.3 is 0 Å². The van der Waals surface area contributed by atoms with Gasteiger partial charge in [0.15, 0.2) is 0 Å². The fraction of sp³-hybridized carbons (Fsp3) is 0.625. The van der Waals surface area contributed by atoms with Gasteiger partial charge in [0.05, 0.1) is 6.20 Å². The first-order valence-electron chi connectivity index (χ1n) is 4.31. The van der Waals surface area contributed by atoms with Gasteiger partial charge in [-0.2, -0.15) is 4.73 Å². The maximum atomic E-state index is 9.34. The Kier molecular flexibility index (Phi) is 1.99. The molecule has 4 nitrogen and oxygen atoms in total. The van der Waals surface area contributed by atoms with E-state index in [2.05, 4.69) is 10.3 Å². The van der Waals surface area contributed by atoms with E-state index in [0.29, 0.717) is 5.92 Å². The molecule has 0 bridgehead atoms. The van der Waals surface area contributed by atoms with E-state index in [9.17, 15) is 5.21 Å². The van der Waals surface area contributed by atoms with Crippen molar-refractivity contribution in [3.05, 3.63) is 18.2 Å². The predicted octanol–water partition coefficient (Wildman–Crippen LogP) is 0.587. The number of hydrogen-bond acceptors (Lipinski definition) is 3. The van der Waals surface area contributed by atoms with Gasteiger partial charge in [0.25, 0.3) is 0 Å². The summed E-state index contributed by atoms with van der Waals surface area (Å²) in [5.74, 6) is 1.22. The zero-order valence-electron chi connectivity index (χ0n) is 6.90. The molecule has 2 heterocycles. The van der Waals surface area contributed by atoms with Crippen LogP contribution in [0.2, 0.25) is 0 Å². The predicted molar refractivity (Wildman–Crippen MR) is 44.3 cm³/mol. The molecule has 66 valence electrons. The van der Waals surface area contributed by atoms with Crippen molar-refractivity contribution in [2.75, 3.05) is 13.1 Å². The quantitative estimate of drug-likeness (QED) is 0.602. The summed E-state index contributed by atoms with van der Waals surface area (Å²) in [7, 11) is 0. The average molecular weight is 167 g/mol. The Labute approximate surface area is 71.2 Å². The summed E-state index contributed by atoms with van der Waals surface area (Å²) >= 11 is 0. The monoisotopic (exact) mass is 167 g/mol. The summed E-state index contributed by atoms with van der Waals surface area (Å²) in [6, 6.07) is 0. The average Bonchev–Trinajstić information content (AvgIpc) is 2.53. The highest BCUT2D eigenvalue weighted by molar-refractivity contribution is 5.00. The molecule has 0 atom stereocenters. The maximum absolute atomic E-state index is 9.34. The Bertz CT molecular complexity index is 253. The Morgan fingerprint density at radius 3 is 2.83 bits per heavy atom. The van der Waals surface area contributed by atoms with Crippen LogP contribution in [0, 0.1) is 0 Å². The molecule has 1 aromatic rings. The second kappa shape index (κ2) is 3.15. The zero-order chi connectivity index (χ0) is 8.39. The van der Waals surface area contributed by atoms with Gasteiger partial charge < -0.3 is 10.5 Å². The van der Waals surface area contributed by atoms with Gasteiger partial charge in [-0.3, -0.25) is 0 Å². The number of rotatable bonds is 1.